The molecule has 0 saturated carbocycles. The zero-order chi connectivity index (χ0) is 13.4. The molecule has 5 heteroatoms. The van der Waals surface area contributed by atoms with Crippen molar-refractivity contribution in [3.8, 4) is 0 Å². The molecule has 3 nitrogen and oxygen atoms in total. The average molecular weight is 293 g/mol. The summed E-state index contributed by atoms with van der Waals surface area (Å²) in [6.07, 6.45) is 0. The first-order chi connectivity index (χ1) is 9.20. The molecule has 0 aliphatic carbocycles. The maximum Gasteiger partial charge on any atom is 0.137 e. The lowest BCUT2D eigenvalue weighted by Crippen LogP contribution is -2.28. The van der Waals surface area contributed by atoms with Gasteiger partial charge in [-0.1, -0.05) is 29.8 Å². The van der Waals surface area contributed by atoms with Gasteiger partial charge < -0.3 is 4.42 Å². The number of rotatable bonds is 3. The first-order valence-electron chi connectivity index (χ1n) is 5.89. The van der Waals surface area contributed by atoms with Crippen LogP contribution in [0.25, 0.3) is 11.0 Å². The molecule has 3 rings (SSSR count). The summed E-state index contributed by atoms with van der Waals surface area (Å²) in [7, 11) is 0. The fraction of sp³-hybridized carbons (Fsp3) is 0.143. The molecule has 19 heavy (non-hydrogen) atoms. The molecule has 1 atom stereocenters. The van der Waals surface area contributed by atoms with Crippen molar-refractivity contribution in [3.63, 3.8) is 0 Å². The molecule has 0 spiro atoms. The Bertz CT molecular complexity index is 719. The Hall–Kier alpha value is -1.33. The summed E-state index contributed by atoms with van der Waals surface area (Å²) in [5, 5.41) is 3.71. The zero-order valence-electron chi connectivity index (χ0n) is 10.3. The van der Waals surface area contributed by atoms with Gasteiger partial charge in [-0.2, -0.15) is 0 Å². The first-order valence-corrected chi connectivity index (χ1v) is 7.14. The number of nitrogens with one attached hydrogen (secondary N) is 1. The molecular weight excluding hydrogens is 280 g/mol. The van der Waals surface area contributed by atoms with E-state index in [-0.39, 0.29) is 6.04 Å². The van der Waals surface area contributed by atoms with Gasteiger partial charge in [-0.05, 0) is 30.0 Å². The predicted octanol–water partition coefficient (Wildman–Crippen LogP) is 4.01. The van der Waals surface area contributed by atoms with Crippen molar-refractivity contribution in [1.29, 1.82) is 0 Å². The molecule has 0 saturated heterocycles. The maximum atomic E-state index is 6.17. The van der Waals surface area contributed by atoms with Gasteiger partial charge in [0.2, 0.25) is 0 Å². The van der Waals surface area contributed by atoms with Gasteiger partial charge in [-0.15, -0.1) is 11.3 Å². The minimum Gasteiger partial charge on any atom is -0.459 e. The number of halogens is 1. The summed E-state index contributed by atoms with van der Waals surface area (Å²) in [4.78, 5) is 0.959. The largest absolute Gasteiger partial charge is 0.459 e. The predicted molar refractivity (Wildman–Crippen MR) is 79.4 cm³/mol. The highest BCUT2D eigenvalue weighted by atomic mass is 35.5. The molecule has 1 aromatic carbocycles. The van der Waals surface area contributed by atoms with Crippen molar-refractivity contribution in [1.82, 2.24) is 5.43 Å². The molecular formula is C14H13ClN2OS. The van der Waals surface area contributed by atoms with Gasteiger partial charge in [0.25, 0.3) is 0 Å². The molecule has 1 unspecified atom stereocenters. The van der Waals surface area contributed by atoms with E-state index in [2.05, 4.69) is 5.43 Å². The quantitative estimate of drug-likeness (QED) is 0.566. The van der Waals surface area contributed by atoms with Crippen molar-refractivity contribution < 1.29 is 4.42 Å². The summed E-state index contributed by atoms with van der Waals surface area (Å²) in [5.74, 6) is 6.44. The Labute approximate surface area is 119 Å². The molecule has 0 aliphatic rings. The minimum absolute atomic E-state index is 0.223. The number of hydrogen-bond donors (Lipinski definition) is 2. The first kappa shape index (κ1) is 12.7. The van der Waals surface area contributed by atoms with Gasteiger partial charge >= 0.3 is 0 Å². The van der Waals surface area contributed by atoms with Gasteiger partial charge in [-0.3, -0.25) is 5.84 Å². The number of nitrogens with two attached hydrogens (primary N) is 1. The second-order valence-electron chi connectivity index (χ2n) is 4.37. The van der Waals surface area contributed by atoms with Gasteiger partial charge in [0.15, 0.2) is 0 Å². The van der Waals surface area contributed by atoms with Crippen LogP contribution in [0.5, 0.6) is 0 Å². The molecule has 3 N–H and O–H groups in total. The number of thiophene rings is 1. The summed E-state index contributed by atoms with van der Waals surface area (Å²) >= 11 is 7.72. The van der Waals surface area contributed by atoms with Crippen LogP contribution in [0.1, 0.15) is 22.2 Å². The van der Waals surface area contributed by atoms with Crippen molar-refractivity contribution in [2.45, 2.75) is 13.0 Å². The van der Waals surface area contributed by atoms with Crippen LogP contribution in [-0.4, -0.2) is 0 Å². The molecule has 0 radical (unpaired) electrons. The second kappa shape index (κ2) is 4.98. The number of fused-ring (bicyclic) bond motifs is 1. The summed E-state index contributed by atoms with van der Waals surface area (Å²) in [6, 6.07) is 9.71. The van der Waals surface area contributed by atoms with E-state index in [0.29, 0.717) is 5.02 Å². The van der Waals surface area contributed by atoms with E-state index in [4.69, 9.17) is 21.9 Å². The Morgan fingerprint density at radius 1 is 1.37 bits per heavy atom. The van der Waals surface area contributed by atoms with Crippen molar-refractivity contribution in [2.75, 3.05) is 0 Å². The van der Waals surface area contributed by atoms with E-state index in [0.717, 1.165) is 27.2 Å². The number of hydrogen-bond acceptors (Lipinski definition) is 4. The van der Waals surface area contributed by atoms with Crippen molar-refractivity contribution in [3.05, 3.63) is 56.9 Å². The fourth-order valence-electron chi connectivity index (χ4n) is 2.17. The third-order valence-electron chi connectivity index (χ3n) is 3.12. The molecule has 0 amide bonds. The van der Waals surface area contributed by atoms with Gasteiger partial charge in [0.1, 0.15) is 17.4 Å². The molecule has 2 aromatic heterocycles. The summed E-state index contributed by atoms with van der Waals surface area (Å²) < 4.78 is 5.94. The van der Waals surface area contributed by atoms with E-state index in [9.17, 15) is 0 Å². The number of aryl methyl sites for hydroxylation is 1. The summed E-state index contributed by atoms with van der Waals surface area (Å²) in [5.41, 5.74) is 4.78. The number of hydrazine groups is 1. The van der Waals surface area contributed by atoms with E-state index in [1.54, 1.807) is 11.3 Å². The third-order valence-corrected chi connectivity index (χ3v) is 4.54. The lowest BCUT2D eigenvalue weighted by atomic mass is 10.1. The number of para-hydroxylation sites is 1. The topological polar surface area (TPSA) is 51.2 Å². The zero-order valence-corrected chi connectivity index (χ0v) is 11.9. The highest BCUT2D eigenvalue weighted by molar-refractivity contribution is 7.10. The van der Waals surface area contributed by atoms with Crippen LogP contribution in [0.15, 0.2) is 40.1 Å². The number of furan rings is 1. The van der Waals surface area contributed by atoms with Gasteiger partial charge in [-0.25, -0.2) is 5.43 Å². The molecule has 98 valence electrons. The Morgan fingerprint density at radius 2 is 2.21 bits per heavy atom. The van der Waals surface area contributed by atoms with E-state index in [1.165, 1.54) is 0 Å². The fourth-order valence-corrected chi connectivity index (χ4v) is 3.40. The van der Waals surface area contributed by atoms with Crippen LogP contribution in [-0.2, 0) is 0 Å². The lowest BCUT2D eigenvalue weighted by molar-refractivity contribution is 0.480. The standard InChI is InChI=1S/C14H13ClN2OS/c1-8-3-2-4-9-7-11(18-13(8)9)12(17-16)14-10(15)5-6-19-14/h2-7,12,17H,16H2,1H3. The molecule has 0 fully saturated rings. The molecule has 0 aliphatic heterocycles. The van der Waals surface area contributed by atoms with E-state index < -0.39 is 0 Å². The highest BCUT2D eigenvalue weighted by Gasteiger charge is 2.21. The second-order valence-corrected chi connectivity index (χ2v) is 5.73. The molecule has 0 bridgehead atoms. The van der Waals surface area contributed by atoms with Crippen LogP contribution in [0, 0.1) is 6.92 Å². The normalized spacial score (nSPS) is 13.0. The van der Waals surface area contributed by atoms with Crippen molar-refractivity contribution in [2.24, 2.45) is 5.84 Å². The lowest BCUT2D eigenvalue weighted by Gasteiger charge is -2.11. The maximum absolute atomic E-state index is 6.17. The smallest absolute Gasteiger partial charge is 0.137 e. The van der Waals surface area contributed by atoms with Crippen LogP contribution in [0.3, 0.4) is 0 Å². The van der Waals surface area contributed by atoms with Crippen LogP contribution < -0.4 is 11.3 Å². The molecule has 2 heterocycles. The third kappa shape index (κ3) is 2.17. The Balaban J connectivity index is 2.12. The Kier molecular flexibility index (Phi) is 3.33. The summed E-state index contributed by atoms with van der Waals surface area (Å²) in [6.45, 7) is 2.03. The SMILES string of the molecule is Cc1cccc2cc(C(NN)c3sccc3Cl)oc12. The number of benzene rings is 1. The van der Waals surface area contributed by atoms with Crippen LogP contribution >= 0.6 is 22.9 Å². The monoisotopic (exact) mass is 292 g/mol. The van der Waals surface area contributed by atoms with Crippen LogP contribution in [0.4, 0.5) is 0 Å². The van der Waals surface area contributed by atoms with Crippen molar-refractivity contribution >= 4 is 33.9 Å². The van der Waals surface area contributed by atoms with Gasteiger partial charge in [0.05, 0.1) is 5.02 Å². The Morgan fingerprint density at radius 3 is 2.84 bits per heavy atom. The van der Waals surface area contributed by atoms with Gasteiger partial charge in [0, 0.05) is 10.3 Å². The van der Waals surface area contributed by atoms with E-state index in [1.807, 2.05) is 42.6 Å². The average Bonchev–Trinajstić information content (AvgIpc) is 2.99. The molecule has 3 aromatic rings. The minimum atomic E-state index is -0.223. The van der Waals surface area contributed by atoms with Crippen LogP contribution in [0.2, 0.25) is 5.02 Å². The highest BCUT2D eigenvalue weighted by Crippen LogP contribution is 2.35. The van der Waals surface area contributed by atoms with E-state index >= 15 is 0 Å².